The molecule has 32 heavy (non-hydrogen) atoms. The van der Waals surface area contributed by atoms with Gasteiger partial charge < -0.3 is 19.2 Å². The average Bonchev–Trinajstić information content (AvgIpc) is 2.92. The van der Waals surface area contributed by atoms with Crippen LogP contribution in [0.4, 0.5) is 5.69 Å². The molecule has 0 spiro atoms. The second-order valence-electron chi connectivity index (χ2n) is 5.72. The molecule has 1 aliphatic heterocycles. The fourth-order valence-electron chi connectivity index (χ4n) is 2.53. The van der Waals surface area contributed by atoms with Gasteiger partial charge in [-0.1, -0.05) is 0 Å². The number of carbonyl (C=O) groups is 2. The highest BCUT2D eigenvalue weighted by Gasteiger charge is 2.38. The molecule has 19 nitrogen and oxygen atoms in total. The second kappa shape index (κ2) is 9.77. The Balaban J connectivity index is 2.25. The van der Waals surface area contributed by atoms with E-state index in [1.54, 1.807) is 0 Å². The summed E-state index contributed by atoms with van der Waals surface area (Å²) in [4.78, 5) is 78.8. The highest BCUT2D eigenvalue weighted by Crippen LogP contribution is 2.35. The van der Waals surface area contributed by atoms with Crippen molar-refractivity contribution in [2.75, 3.05) is 26.4 Å². The van der Waals surface area contributed by atoms with E-state index in [1.807, 2.05) is 0 Å². The number of imide groups is 1. The number of fused-ring (bicyclic) bond motifs is 1. The Bertz CT molecular complexity index is 980. The molecule has 0 fully saturated rings. The number of amides is 2. The molecule has 0 bridgehead atoms. The molecule has 0 aromatic heterocycles. The van der Waals surface area contributed by atoms with E-state index in [4.69, 9.17) is 4.74 Å². The summed E-state index contributed by atoms with van der Waals surface area (Å²) in [6, 6.07) is 1.54. The fourth-order valence-corrected chi connectivity index (χ4v) is 2.53. The van der Waals surface area contributed by atoms with E-state index in [0.29, 0.717) is 4.90 Å². The summed E-state index contributed by atoms with van der Waals surface area (Å²) < 4.78 is 5.08. The number of ether oxygens (including phenoxy) is 1. The van der Waals surface area contributed by atoms with Crippen LogP contribution in [0.15, 0.2) is 12.1 Å². The van der Waals surface area contributed by atoms with Gasteiger partial charge in [-0.15, -0.1) is 30.3 Å². The van der Waals surface area contributed by atoms with E-state index < -0.39 is 75.9 Å². The normalized spacial score (nSPS) is 13.2. The predicted octanol–water partition coefficient (Wildman–Crippen LogP) is -0.437. The van der Waals surface area contributed by atoms with Crippen LogP contribution < -0.4 is 4.74 Å². The Morgan fingerprint density at radius 3 is 1.97 bits per heavy atom. The van der Waals surface area contributed by atoms with Crippen molar-refractivity contribution in [2.45, 2.75) is 6.10 Å². The lowest BCUT2D eigenvalue weighted by Gasteiger charge is -2.15. The van der Waals surface area contributed by atoms with Gasteiger partial charge in [-0.25, -0.2) is 0 Å². The van der Waals surface area contributed by atoms with Gasteiger partial charge in [-0.2, -0.15) is 0 Å². The van der Waals surface area contributed by atoms with Gasteiger partial charge in [0.2, 0.25) is 0 Å². The minimum Gasteiger partial charge on any atom is -0.484 e. The zero-order chi connectivity index (χ0) is 24.0. The molecule has 1 atom stereocenters. The third-order valence-electron chi connectivity index (χ3n) is 3.78. The number of hydrogen-bond donors (Lipinski definition) is 0. The van der Waals surface area contributed by atoms with Gasteiger partial charge in [0.1, 0.15) is 19.8 Å². The first-order valence-electron chi connectivity index (χ1n) is 8.18. The van der Waals surface area contributed by atoms with E-state index in [1.165, 1.54) is 0 Å². The highest BCUT2D eigenvalue weighted by molar-refractivity contribution is 6.21. The van der Waals surface area contributed by atoms with Crippen LogP contribution in [-0.4, -0.2) is 69.4 Å². The lowest BCUT2D eigenvalue weighted by atomic mass is 10.1. The lowest BCUT2D eigenvalue weighted by molar-refractivity contribution is -0.790. The van der Waals surface area contributed by atoms with E-state index in [0.717, 1.165) is 12.1 Å². The smallest absolute Gasteiger partial charge is 0.311 e. The quantitative estimate of drug-likeness (QED) is 0.205. The minimum atomic E-state index is -1.67. The summed E-state index contributed by atoms with van der Waals surface area (Å²) in [5, 5.41) is 38.6. The number of rotatable bonds is 13. The van der Waals surface area contributed by atoms with Gasteiger partial charge in [0, 0.05) is 12.1 Å². The van der Waals surface area contributed by atoms with Gasteiger partial charge in [-0.05, 0) is 0 Å². The number of nitro benzene ring substituents is 1. The van der Waals surface area contributed by atoms with Crippen LogP contribution in [0.2, 0.25) is 0 Å². The molecule has 2 rings (SSSR count). The summed E-state index contributed by atoms with van der Waals surface area (Å²) in [6.07, 6.45) is -1.67. The topological polar surface area (TPSA) is 247 Å². The molecule has 1 aromatic carbocycles. The number of nitrogens with zero attached hydrogens (tertiary/aromatic N) is 5. The molecule has 1 unspecified atom stereocenters. The van der Waals surface area contributed by atoms with Crippen molar-refractivity contribution >= 4 is 17.5 Å². The van der Waals surface area contributed by atoms with Gasteiger partial charge in [-0.3, -0.25) is 24.6 Å². The van der Waals surface area contributed by atoms with Crippen LogP contribution >= 0.6 is 0 Å². The molecule has 0 N–H and O–H groups in total. The molecular formula is C13H11N5O14. The van der Waals surface area contributed by atoms with Crippen molar-refractivity contribution in [3.63, 3.8) is 0 Å². The maximum Gasteiger partial charge on any atom is 0.311 e. The molecule has 0 aliphatic carbocycles. The van der Waals surface area contributed by atoms with Crippen molar-refractivity contribution in [2.24, 2.45) is 0 Å². The Hall–Kier alpha value is -4.84. The molecule has 0 saturated carbocycles. The summed E-state index contributed by atoms with van der Waals surface area (Å²) in [7, 11) is 0. The fraction of sp³-hybridized carbons (Fsp3) is 0.385. The monoisotopic (exact) mass is 461 g/mol. The van der Waals surface area contributed by atoms with E-state index >= 15 is 0 Å². The first-order valence-corrected chi connectivity index (χ1v) is 8.18. The van der Waals surface area contributed by atoms with Gasteiger partial charge in [0.05, 0.1) is 22.6 Å². The summed E-state index contributed by atoms with van der Waals surface area (Å²) in [6.45, 7) is -2.94. The van der Waals surface area contributed by atoms with Crippen molar-refractivity contribution in [3.05, 3.63) is 63.7 Å². The largest absolute Gasteiger partial charge is 0.484 e. The molecule has 19 heteroatoms. The van der Waals surface area contributed by atoms with Crippen molar-refractivity contribution in [1.82, 2.24) is 4.90 Å². The van der Waals surface area contributed by atoms with E-state index in [2.05, 4.69) is 14.5 Å². The van der Waals surface area contributed by atoms with Gasteiger partial charge in [0.25, 0.3) is 27.1 Å². The van der Waals surface area contributed by atoms with Crippen LogP contribution in [-0.2, 0) is 14.5 Å². The van der Waals surface area contributed by atoms with Crippen molar-refractivity contribution in [1.29, 1.82) is 0 Å². The van der Waals surface area contributed by atoms with Crippen molar-refractivity contribution in [3.8, 4) is 5.75 Å². The zero-order valence-electron chi connectivity index (χ0n) is 15.5. The third kappa shape index (κ3) is 5.61. The second-order valence-corrected chi connectivity index (χ2v) is 5.72. The number of hydrogen-bond acceptors (Lipinski definition) is 14. The lowest BCUT2D eigenvalue weighted by Crippen LogP contribution is -2.33. The third-order valence-corrected chi connectivity index (χ3v) is 3.78. The summed E-state index contributed by atoms with van der Waals surface area (Å²) in [5.74, 6) is -2.52. The minimum absolute atomic E-state index is 0.343. The van der Waals surface area contributed by atoms with Crippen LogP contribution in [0.1, 0.15) is 20.7 Å². The predicted molar refractivity (Wildman–Crippen MR) is 91.7 cm³/mol. The molecule has 2 amide bonds. The summed E-state index contributed by atoms with van der Waals surface area (Å²) in [5.41, 5.74) is -1.53. The van der Waals surface area contributed by atoms with Gasteiger partial charge >= 0.3 is 5.69 Å². The Morgan fingerprint density at radius 2 is 1.44 bits per heavy atom. The zero-order valence-corrected chi connectivity index (χ0v) is 15.5. The standard InChI is InChI=1S/C13H11N5O14/c19-12-8-3-10(15(21)22)11(29-5-7(32-18(27)28)6-31-17(25)26)4-9(8)13(20)14(12)1-2-30-16(23)24/h3-4,7H,1-2,5-6H2. The Kier molecular flexibility index (Phi) is 7.16. The maximum absolute atomic E-state index is 12.4. The van der Waals surface area contributed by atoms with Gasteiger partial charge in [0.15, 0.2) is 11.9 Å². The van der Waals surface area contributed by atoms with Crippen molar-refractivity contribution < 1.29 is 49.0 Å². The molecule has 1 aliphatic rings. The summed E-state index contributed by atoms with van der Waals surface area (Å²) >= 11 is 0. The molecule has 172 valence electrons. The van der Waals surface area contributed by atoms with E-state index in [-0.39, 0.29) is 11.1 Å². The number of carbonyl (C=O) groups excluding carboxylic acids is 2. The molecule has 0 radical (unpaired) electrons. The number of benzene rings is 1. The number of nitro groups is 1. The first-order chi connectivity index (χ1) is 15.0. The Morgan fingerprint density at radius 1 is 0.844 bits per heavy atom. The highest BCUT2D eigenvalue weighted by atomic mass is 17.0. The van der Waals surface area contributed by atoms with Crippen LogP contribution in [0.3, 0.4) is 0 Å². The Labute approximate surface area is 174 Å². The first kappa shape index (κ1) is 23.4. The van der Waals surface area contributed by atoms with Crippen LogP contribution in [0, 0.1) is 40.5 Å². The average molecular weight is 461 g/mol. The molecule has 0 saturated heterocycles. The molecule has 1 aromatic rings. The van der Waals surface area contributed by atoms with Crippen LogP contribution in [0.25, 0.3) is 0 Å². The molecule has 1 heterocycles. The SMILES string of the molecule is O=C1c2cc(OCC(CO[N+](=O)[O-])O[N+](=O)[O-])c([N+](=O)[O-])cc2C(=O)N1CCO[N+](=O)[O-]. The molecular weight excluding hydrogens is 450 g/mol. The van der Waals surface area contributed by atoms with E-state index in [9.17, 15) is 50.0 Å². The maximum atomic E-state index is 12.4. The van der Waals surface area contributed by atoms with Crippen LogP contribution in [0.5, 0.6) is 5.75 Å².